The zero-order valence-corrected chi connectivity index (χ0v) is 17.9. The summed E-state index contributed by atoms with van der Waals surface area (Å²) < 4.78 is 11.4. The van der Waals surface area contributed by atoms with Gasteiger partial charge in [0.1, 0.15) is 5.58 Å². The molecule has 3 aromatic rings. The summed E-state index contributed by atoms with van der Waals surface area (Å²) in [6, 6.07) is 9.31. The number of amides is 1. The summed E-state index contributed by atoms with van der Waals surface area (Å²) in [6.07, 6.45) is 4.39. The fourth-order valence-corrected chi connectivity index (χ4v) is 3.98. The lowest BCUT2D eigenvalue weighted by Gasteiger charge is -2.28. The van der Waals surface area contributed by atoms with Crippen LogP contribution in [0.25, 0.3) is 11.0 Å². The molecule has 0 radical (unpaired) electrons. The number of rotatable bonds is 7. The molecule has 3 heterocycles. The maximum absolute atomic E-state index is 13.5. The van der Waals surface area contributed by atoms with Crippen LogP contribution in [0.3, 0.4) is 0 Å². The lowest BCUT2D eigenvalue weighted by atomic mass is 10.1. The van der Waals surface area contributed by atoms with E-state index >= 15 is 0 Å². The van der Waals surface area contributed by atoms with Crippen LogP contribution < -0.4 is 0 Å². The summed E-state index contributed by atoms with van der Waals surface area (Å²) in [4.78, 5) is 21.8. The van der Waals surface area contributed by atoms with Gasteiger partial charge in [0.25, 0.3) is 5.91 Å². The second-order valence-electron chi connectivity index (χ2n) is 7.59. The molecule has 0 unspecified atom stereocenters. The highest BCUT2D eigenvalue weighted by Gasteiger charge is 2.24. The molecule has 6 nitrogen and oxygen atoms in total. The quantitative estimate of drug-likeness (QED) is 0.566. The fourth-order valence-electron chi connectivity index (χ4n) is 3.81. The first kappa shape index (κ1) is 20.8. The third kappa shape index (κ3) is 4.83. The Morgan fingerprint density at radius 1 is 1.20 bits per heavy atom. The Morgan fingerprint density at radius 3 is 2.73 bits per heavy atom. The van der Waals surface area contributed by atoms with Gasteiger partial charge in [0, 0.05) is 61.1 Å². The number of fused-ring (bicyclic) bond motifs is 1. The molecule has 0 atom stereocenters. The van der Waals surface area contributed by atoms with E-state index in [0.717, 1.165) is 55.8 Å². The van der Waals surface area contributed by atoms with Gasteiger partial charge in [-0.1, -0.05) is 11.6 Å². The van der Waals surface area contributed by atoms with Crippen LogP contribution in [0.2, 0.25) is 5.02 Å². The van der Waals surface area contributed by atoms with Crippen LogP contribution in [-0.2, 0) is 11.3 Å². The molecule has 0 aliphatic carbocycles. The van der Waals surface area contributed by atoms with Gasteiger partial charge in [-0.2, -0.15) is 0 Å². The van der Waals surface area contributed by atoms with E-state index in [0.29, 0.717) is 29.5 Å². The van der Waals surface area contributed by atoms with Crippen molar-refractivity contribution in [2.45, 2.75) is 19.9 Å². The van der Waals surface area contributed by atoms with Gasteiger partial charge < -0.3 is 14.1 Å². The van der Waals surface area contributed by atoms with Crippen molar-refractivity contribution in [2.24, 2.45) is 0 Å². The fraction of sp³-hybridized carbons (Fsp3) is 0.391. The molecule has 0 saturated carbocycles. The molecular weight excluding hydrogens is 402 g/mol. The van der Waals surface area contributed by atoms with Gasteiger partial charge in [0.05, 0.1) is 13.2 Å². The Bertz CT molecular complexity index is 1000. The molecule has 0 spiro atoms. The van der Waals surface area contributed by atoms with E-state index in [1.54, 1.807) is 18.5 Å². The molecule has 1 fully saturated rings. The van der Waals surface area contributed by atoms with Crippen LogP contribution in [-0.4, -0.2) is 60.1 Å². The van der Waals surface area contributed by atoms with Crippen molar-refractivity contribution in [3.05, 3.63) is 64.6 Å². The number of benzene rings is 1. The van der Waals surface area contributed by atoms with Crippen LogP contribution in [0, 0.1) is 6.92 Å². The second-order valence-corrected chi connectivity index (χ2v) is 8.02. The Balaban J connectivity index is 1.53. The summed E-state index contributed by atoms with van der Waals surface area (Å²) in [5.74, 6) is 0.284. The minimum absolute atomic E-state index is 0.0985. The third-order valence-electron chi connectivity index (χ3n) is 5.51. The molecule has 1 saturated heterocycles. The average Bonchev–Trinajstić information content (AvgIpc) is 3.10. The minimum Gasteiger partial charge on any atom is -0.451 e. The van der Waals surface area contributed by atoms with Crippen LogP contribution in [0.4, 0.5) is 0 Å². The third-order valence-corrected chi connectivity index (χ3v) is 5.74. The van der Waals surface area contributed by atoms with Gasteiger partial charge in [-0.15, -0.1) is 0 Å². The molecule has 30 heavy (non-hydrogen) atoms. The Hall–Kier alpha value is -2.41. The predicted octanol–water partition coefficient (Wildman–Crippen LogP) is 4.15. The summed E-state index contributed by atoms with van der Waals surface area (Å²) >= 11 is 6.14. The minimum atomic E-state index is -0.0985. The Kier molecular flexibility index (Phi) is 6.67. The first-order chi connectivity index (χ1) is 14.6. The Labute approximate surface area is 181 Å². The van der Waals surface area contributed by atoms with Gasteiger partial charge in [0.15, 0.2) is 5.76 Å². The number of aromatic nitrogens is 1. The number of furan rings is 1. The number of hydrogen-bond acceptors (Lipinski definition) is 5. The number of halogens is 1. The number of hydrogen-bond donors (Lipinski definition) is 0. The van der Waals surface area contributed by atoms with Crippen molar-refractivity contribution < 1.29 is 13.9 Å². The number of ether oxygens (including phenoxy) is 1. The number of nitrogens with zero attached hydrogens (tertiary/aromatic N) is 3. The molecule has 0 bridgehead atoms. The summed E-state index contributed by atoms with van der Waals surface area (Å²) in [7, 11) is 0. The molecule has 158 valence electrons. The zero-order valence-electron chi connectivity index (χ0n) is 17.1. The first-order valence-electron chi connectivity index (χ1n) is 10.3. The summed E-state index contributed by atoms with van der Waals surface area (Å²) in [5.41, 5.74) is 2.55. The molecule has 1 amide bonds. The smallest absolute Gasteiger partial charge is 0.290 e. The Morgan fingerprint density at radius 2 is 1.97 bits per heavy atom. The van der Waals surface area contributed by atoms with Crippen LogP contribution in [0.5, 0.6) is 0 Å². The largest absolute Gasteiger partial charge is 0.451 e. The molecule has 7 heteroatoms. The van der Waals surface area contributed by atoms with E-state index in [1.165, 1.54) is 0 Å². The predicted molar refractivity (Wildman–Crippen MR) is 117 cm³/mol. The molecule has 0 N–H and O–H groups in total. The van der Waals surface area contributed by atoms with Crippen molar-refractivity contribution in [1.29, 1.82) is 0 Å². The number of aryl methyl sites for hydroxylation is 1. The van der Waals surface area contributed by atoms with Gasteiger partial charge in [0.2, 0.25) is 0 Å². The van der Waals surface area contributed by atoms with Gasteiger partial charge in [-0.3, -0.25) is 14.7 Å². The van der Waals surface area contributed by atoms with Crippen molar-refractivity contribution in [3.8, 4) is 0 Å². The average molecular weight is 428 g/mol. The number of pyridine rings is 1. The SMILES string of the molecule is Cc1c(C(=O)N(CCCN2CCOCC2)Cc2ccncc2)oc2ccc(Cl)cc12. The lowest BCUT2D eigenvalue weighted by molar-refractivity contribution is 0.0354. The number of carbonyl (C=O) groups is 1. The highest BCUT2D eigenvalue weighted by molar-refractivity contribution is 6.31. The van der Waals surface area contributed by atoms with Crippen molar-refractivity contribution >= 4 is 28.5 Å². The molecule has 1 aliphatic heterocycles. The van der Waals surface area contributed by atoms with Crippen LogP contribution in [0.1, 0.15) is 28.1 Å². The first-order valence-corrected chi connectivity index (χ1v) is 10.7. The molecule has 1 aliphatic rings. The highest BCUT2D eigenvalue weighted by Crippen LogP contribution is 2.29. The van der Waals surface area contributed by atoms with Gasteiger partial charge >= 0.3 is 0 Å². The normalized spacial score (nSPS) is 14.9. The lowest BCUT2D eigenvalue weighted by Crippen LogP contribution is -2.39. The van der Waals surface area contributed by atoms with E-state index < -0.39 is 0 Å². The zero-order chi connectivity index (χ0) is 20.9. The van der Waals surface area contributed by atoms with E-state index in [4.69, 9.17) is 20.8 Å². The summed E-state index contributed by atoms with van der Waals surface area (Å²) in [5, 5.41) is 1.51. The summed E-state index contributed by atoms with van der Waals surface area (Å²) in [6.45, 7) is 7.47. The van der Waals surface area contributed by atoms with Gasteiger partial charge in [-0.25, -0.2) is 0 Å². The number of carbonyl (C=O) groups excluding carboxylic acids is 1. The van der Waals surface area contributed by atoms with E-state index in [-0.39, 0.29) is 5.91 Å². The van der Waals surface area contributed by atoms with E-state index in [1.807, 2.05) is 36.1 Å². The topological polar surface area (TPSA) is 58.8 Å². The standard InChI is InChI=1S/C23H26ClN3O3/c1-17-20-15-19(24)3-4-21(20)30-22(17)23(28)27(16-18-5-7-25-8-6-18)10-2-9-26-11-13-29-14-12-26/h3-8,15H,2,9-14,16H2,1H3. The number of morpholine rings is 1. The highest BCUT2D eigenvalue weighted by atomic mass is 35.5. The molecule has 2 aromatic heterocycles. The van der Waals surface area contributed by atoms with Crippen LogP contribution in [0.15, 0.2) is 47.1 Å². The second kappa shape index (κ2) is 9.60. The molecular formula is C23H26ClN3O3. The van der Waals surface area contributed by atoms with E-state index in [9.17, 15) is 4.79 Å². The maximum atomic E-state index is 13.5. The maximum Gasteiger partial charge on any atom is 0.290 e. The molecule has 4 rings (SSSR count). The van der Waals surface area contributed by atoms with E-state index in [2.05, 4.69) is 9.88 Å². The van der Waals surface area contributed by atoms with Crippen LogP contribution >= 0.6 is 11.6 Å². The molecule has 1 aromatic carbocycles. The van der Waals surface area contributed by atoms with Gasteiger partial charge in [-0.05, 0) is 49.2 Å². The van der Waals surface area contributed by atoms with Crippen molar-refractivity contribution in [3.63, 3.8) is 0 Å². The van der Waals surface area contributed by atoms with Crippen molar-refractivity contribution in [1.82, 2.24) is 14.8 Å². The van der Waals surface area contributed by atoms with Crippen molar-refractivity contribution in [2.75, 3.05) is 39.4 Å². The monoisotopic (exact) mass is 427 g/mol.